The highest BCUT2D eigenvalue weighted by Crippen LogP contribution is 2.36. The van der Waals surface area contributed by atoms with Gasteiger partial charge in [0.25, 0.3) is 0 Å². The molecule has 6 aromatic rings. The molecule has 4 aromatic carbocycles. The average Bonchev–Trinajstić information content (AvgIpc) is 3.76. The predicted molar refractivity (Wildman–Crippen MR) is 193 cm³/mol. The summed E-state index contributed by atoms with van der Waals surface area (Å²) in [6, 6.07) is 30.7. The molecule has 2 aromatic heterocycles. The van der Waals surface area contributed by atoms with Crippen molar-refractivity contribution in [1.82, 2.24) is 25.1 Å². The van der Waals surface area contributed by atoms with Gasteiger partial charge in [0.1, 0.15) is 30.7 Å². The summed E-state index contributed by atoms with van der Waals surface area (Å²) in [6.45, 7) is 9.99. The number of nitrogens with zero attached hydrogens (tertiary/aromatic N) is 3. The minimum atomic E-state index is -0.401. The van der Waals surface area contributed by atoms with Crippen LogP contribution in [0.25, 0.3) is 33.5 Å². The van der Waals surface area contributed by atoms with Crippen molar-refractivity contribution in [3.8, 4) is 28.4 Å². The van der Waals surface area contributed by atoms with E-state index in [1.165, 1.54) is 16.7 Å². The minimum absolute atomic E-state index is 0.157. The number of carbonyl (C=O) groups excluding carboxylic acids is 1. The number of aromatic nitrogens is 4. The second kappa shape index (κ2) is 14.1. The Hall–Kier alpha value is -5.21. The van der Waals surface area contributed by atoms with E-state index in [2.05, 4.69) is 85.1 Å². The fraction of sp³-hybridized carbons (Fsp3) is 0.293. The van der Waals surface area contributed by atoms with Crippen molar-refractivity contribution in [2.45, 2.75) is 78.8 Å². The third-order valence-corrected chi connectivity index (χ3v) is 9.51. The van der Waals surface area contributed by atoms with Gasteiger partial charge in [-0.3, -0.25) is 14.8 Å². The lowest BCUT2D eigenvalue weighted by molar-refractivity contribution is -0.153. The number of fused-ring (bicyclic) bond motifs is 2. The lowest BCUT2D eigenvalue weighted by Crippen LogP contribution is -2.49. The summed E-state index contributed by atoms with van der Waals surface area (Å²) in [5.41, 5.74) is 10.7. The molecule has 0 spiro atoms. The number of H-pyrrole nitrogens is 2. The van der Waals surface area contributed by atoms with Crippen molar-refractivity contribution >= 4 is 16.9 Å². The average molecular weight is 654 g/mol. The minimum Gasteiger partial charge on any atom is -0.489 e. The number of benzene rings is 4. The van der Waals surface area contributed by atoms with Gasteiger partial charge in [-0.05, 0) is 84.3 Å². The number of esters is 1. The summed E-state index contributed by atoms with van der Waals surface area (Å²) in [5.74, 6) is 1.38. The molecule has 0 radical (unpaired) electrons. The maximum absolute atomic E-state index is 13.3. The van der Waals surface area contributed by atoms with E-state index >= 15 is 0 Å². The Morgan fingerprint density at radius 2 is 1.57 bits per heavy atom. The van der Waals surface area contributed by atoms with Gasteiger partial charge < -0.3 is 14.5 Å². The van der Waals surface area contributed by atoms with E-state index in [-0.39, 0.29) is 18.6 Å². The molecule has 3 heterocycles. The van der Waals surface area contributed by atoms with E-state index in [9.17, 15) is 4.79 Å². The first-order valence-electron chi connectivity index (χ1n) is 17.3. The monoisotopic (exact) mass is 653 g/mol. The van der Waals surface area contributed by atoms with Gasteiger partial charge in [0.05, 0.1) is 16.9 Å². The molecule has 1 atom stereocenters. The van der Waals surface area contributed by atoms with E-state index in [0.29, 0.717) is 25.4 Å². The van der Waals surface area contributed by atoms with Crippen LogP contribution in [0.2, 0.25) is 0 Å². The number of rotatable bonds is 11. The van der Waals surface area contributed by atoms with E-state index in [0.717, 1.165) is 63.3 Å². The van der Waals surface area contributed by atoms with Crippen molar-refractivity contribution < 1.29 is 14.3 Å². The highest BCUT2D eigenvalue weighted by atomic mass is 16.5. The quantitative estimate of drug-likeness (QED) is 0.137. The van der Waals surface area contributed by atoms with Crippen LogP contribution in [0.1, 0.15) is 61.3 Å². The van der Waals surface area contributed by atoms with Gasteiger partial charge in [-0.2, -0.15) is 5.10 Å². The molecule has 0 amide bonds. The summed E-state index contributed by atoms with van der Waals surface area (Å²) >= 11 is 0. The van der Waals surface area contributed by atoms with E-state index in [1.54, 1.807) is 0 Å². The Morgan fingerprint density at radius 3 is 2.22 bits per heavy atom. The van der Waals surface area contributed by atoms with Crippen LogP contribution in [-0.4, -0.2) is 43.1 Å². The smallest absolute Gasteiger partial charge is 0.324 e. The van der Waals surface area contributed by atoms with Crippen LogP contribution in [0.5, 0.6) is 5.75 Å². The van der Waals surface area contributed by atoms with E-state index in [1.807, 2.05) is 48.5 Å². The van der Waals surface area contributed by atoms with Crippen molar-refractivity contribution in [1.29, 1.82) is 0 Å². The second-order valence-electron chi connectivity index (χ2n) is 13.0. The molecule has 0 saturated heterocycles. The topological polar surface area (TPSA) is 96.1 Å². The fourth-order valence-corrected chi connectivity index (χ4v) is 6.88. The van der Waals surface area contributed by atoms with Gasteiger partial charge in [-0.1, -0.05) is 80.6 Å². The molecule has 7 rings (SSSR count). The van der Waals surface area contributed by atoms with Gasteiger partial charge in [-0.15, -0.1) is 0 Å². The highest BCUT2D eigenvalue weighted by Gasteiger charge is 2.36. The van der Waals surface area contributed by atoms with Gasteiger partial charge in [0.15, 0.2) is 5.82 Å². The molecule has 1 aliphatic rings. The molecule has 0 saturated carbocycles. The number of hydrogen-bond donors (Lipinski definition) is 2. The van der Waals surface area contributed by atoms with Crippen LogP contribution in [0.4, 0.5) is 0 Å². The van der Waals surface area contributed by atoms with Crippen LogP contribution >= 0.6 is 0 Å². The number of hydrogen-bond acceptors (Lipinski definition) is 6. The Labute approximate surface area is 287 Å². The first kappa shape index (κ1) is 32.3. The Bertz CT molecular complexity index is 2040. The number of nitrogens with one attached hydrogen (secondary N) is 2. The molecule has 0 unspecified atom stereocenters. The normalized spacial score (nSPS) is 14.7. The first-order chi connectivity index (χ1) is 23.9. The Morgan fingerprint density at radius 1 is 0.898 bits per heavy atom. The van der Waals surface area contributed by atoms with Gasteiger partial charge in [0, 0.05) is 24.4 Å². The molecule has 8 nitrogen and oxygen atoms in total. The molecule has 49 heavy (non-hydrogen) atoms. The standard InChI is InChI=1S/C41H43N5O3/c1-5-29-19-32(48-24-27-13-9-7-10-14-27)20-30(6-2)38(29)31-17-18-33-34(21-31)44-45-39(33)40-42-35-22-37(46(26(3)4)23-36(35)43-40)41(47)49-25-28-15-11-8-12-16-28/h7-21,26,37H,5-6,22-25H2,1-4H3,(H,42,43)(H,44,45)/t37-/m0/s1. The number of aromatic amines is 2. The molecule has 0 bridgehead atoms. The molecule has 2 N–H and O–H groups in total. The van der Waals surface area contributed by atoms with Crippen molar-refractivity contribution in [3.05, 3.63) is 125 Å². The number of aryl methyl sites for hydroxylation is 2. The largest absolute Gasteiger partial charge is 0.489 e. The molecule has 0 fully saturated rings. The van der Waals surface area contributed by atoms with E-state index < -0.39 is 6.04 Å². The number of imidazole rings is 1. The summed E-state index contributed by atoms with van der Waals surface area (Å²) in [7, 11) is 0. The zero-order valence-corrected chi connectivity index (χ0v) is 28.6. The molecular weight excluding hydrogens is 610 g/mol. The third kappa shape index (κ3) is 6.74. The van der Waals surface area contributed by atoms with Crippen LogP contribution in [-0.2, 0) is 48.6 Å². The molecule has 250 valence electrons. The third-order valence-electron chi connectivity index (χ3n) is 9.51. The predicted octanol–water partition coefficient (Wildman–Crippen LogP) is 8.20. The van der Waals surface area contributed by atoms with Crippen LogP contribution in [0.3, 0.4) is 0 Å². The highest BCUT2D eigenvalue weighted by molar-refractivity contribution is 5.94. The maximum Gasteiger partial charge on any atom is 0.324 e. The van der Waals surface area contributed by atoms with Crippen LogP contribution < -0.4 is 4.74 Å². The van der Waals surface area contributed by atoms with E-state index in [4.69, 9.17) is 19.6 Å². The van der Waals surface area contributed by atoms with Crippen molar-refractivity contribution in [3.63, 3.8) is 0 Å². The second-order valence-corrected chi connectivity index (χ2v) is 13.0. The van der Waals surface area contributed by atoms with Gasteiger partial charge in [0.2, 0.25) is 0 Å². The Balaban J connectivity index is 1.13. The molecular formula is C41H43N5O3. The molecule has 8 heteroatoms. The summed E-state index contributed by atoms with van der Waals surface area (Å²) in [4.78, 5) is 24.0. The Kier molecular flexibility index (Phi) is 9.31. The van der Waals surface area contributed by atoms with Crippen molar-refractivity contribution in [2.75, 3.05) is 0 Å². The summed E-state index contributed by atoms with van der Waals surface area (Å²) in [5, 5.41) is 8.99. The lowest BCUT2D eigenvalue weighted by atomic mass is 9.91. The van der Waals surface area contributed by atoms with Crippen LogP contribution in [0, 0.1) is 0 Å². The SMILES string of the molecule is CCc1cc(OCc2ccccc2)cc(CC)c1-c1ccc2c(-c3nc4c([nH]3)CN(C(C)C)[C@H](C(=O)OCc3ccccc3)C4)n[nH]c2c1. The maximum atomic E-state index is 13.3. The zero-order chi connectivity index (χ0) is 33.9. The zero-order valence-electron chi connectivity index (χ0n) is 28.6. The summed E-state index contributed by atoms with van der Waals surface area (Å²) < 4.78 is 12.0. The molecule has 1 aliphatic heterocycles. The molecule has 0 aliphatic carbocycles. The number of ether oxygens (including phenoxy) is 2. The first-order valence-corrected chi connectivity index (χ1v) is 17.3. The lowest BCUT2D eigenvalue weighted by Gasteiger charge is -2.36. The fourth-order valence-electron chi connectivity index (χ4n) is 6.88. The van der Waals surface area contributed by atoms with Crippen molar-refractivity contribution in [2.24, 2.45) is 0 Å². The number of carbonyl (C=O) groups is 1. The van der Waals surface area contributed by atoms with Crippen LogP contribution in [0.15, 0.2) is 91.0 Å². The van der Waals surface area contributed by atoms with Gasteiger partial charge >= 0.3 is 5.97 Å². The summed E-state index contributed by atoms with van der Waals surface area (Å²) in [6.07, 6.45) is 2.27. The van der Waals surface area contributed by atoms with Gasteiger partial charge in [-0.25, -0.2) is 4.98 Å².